The van der Waals surface area contributed by atoms with Crippen molar-refractivity contribution in [3.8, 4) is 5.69 Å². The number of carbonyl (C=O) groups is 1. The number of amides is 2. The van der Waals surface area contributed by atoms with Crippen molar-refractivity contribution in [2.75, 3.05) is 31.1 Å². The number of carbonyl (C=O) groups excluding carboxylic acids is 1. The van der Waals surface area contributed by atoms with Crippen LogP contribution in [0.4, 0.5) is 28.2 Å². The van der Waals surface area contributed by atoms with Crippen LogP contribution in [0.1, 0.15) is 24.0 Å². The minimum absolute atomic E-state index is 0.00375. The Labute approximate surface area is 198 Å². The van der Waals surface area contributed by atoms with Gasteiger partial charge in [-0.25, -0.2) is 23.8 Å². The molecule has 2 fully saturated rings. The van der Waals surface area contributed by atoms with Gasteiger partial charge in [-0.3, -0.25) is 0 Å². The summed E-state index contributed by atoms with van der Waals surface area (Å²) in [5, 5.41) is 4.10. The average molecular weight is 489 g/mol. The van der Waals surface area contributed by atoms with Crippen LogP contribution in [0, 0.1) is 5.82 Å². The Morgan fingerprint density at radius 3 is 2.40 bits per heavy atom. The van der Waals surface area contributed by atoms with E-state index in [1.165, 1.54) is 6.33 Å². The highest BCUT2D eigenvalue weighted by molar-refractivity contribution is 5.77. The summed E-state index contributed by atoms with van der Waals surface area (Å²) >= 11 is 0. The van der Waals surface area contributed by atoms with E-state index < -0.39 is 17.6 Å². The molecule has 184 valence electrons. The molecule has 0 N–H and O–H groups in total. The zero-order valence-corrected chi connectivity index (χ0v) is 18.7. The fourth-order valence-corrected chi connectivity index (χ4v) is 4.61. The van der Waals surface area contributed by atoms with Crippen LogP contribution >= 0.6 is 0 Å². The summed E-state index contributed by atoms with van der Waals surface area (Å²) < 4.78 is 54.3. The van der Waals surface area contributed by atoms with Crippen LogP contribution in [-0.2, 0) is 12.7 Å². The zero-order valence-electron chi connectivity index (χ0n) is 18.7. The number of hydrogen-bond acceptors (Lipinski definition) is 5. The molecule has 2 aliphatic rings. The van der Waals surface area contributed by atoms with Gasteiger partial charge in [0.25, 0.3) is 0 Å². The number of anilines is 1. The fourth-order valence-electron chi connectivity index (χ4n) is 4.61. The lowest BCUT2D eigenvalue weighted by Gasteiger charge is -2.37. The van der Waals surface area contributed by atoms with E-state index in [1.54, 1.807) is 20.8 Å². The summed E-state index contributed by atoms with van der Waals surface area (Å²) in [4.78, 5) is 26.0. The second-order valence-electron chi connectivity index (χ2n) is 8.65. The van der Waals surface area contributed by atoms with Crippen LogP contribution in [0.3, 0.4) is 0 Å². The van der Waals surface area contributed by atoms with Crippen molar-refractivity contribution in [2.24, 2.45) is 0 Å². The molecule has 35 heavy (non-hydrogen) atoms. The van der Waals surface area contributed by atoms with Crippen molar-refractivity contribution in [1.29, 1.82) is 0 Å². The first-order chi connectivity index (χ1) is 16.8. The Morgan fingerprint density at radius 2 is 1.77 bits per heavy atom. The van der Waals surface area contributed by atoms with Crippen molar-refractivity contribution in [1.82, 2.24) is 29.5 Å². The molecule has 0 saturated carbocycles. The van der Waals surface area contributed by atoms with Crippen molar-refractivity contribution in [2.45, 2.75) is 31.6 Å². The van der Waals surface area contributed by atoms with Gasteiger partial charge in [0.15, 0.2) is 11.6 Å². The second kappa shape index (κ2) is 9.16. The summed E-state index contributed by atoms with van der Waals surface area (Å²) in [7, 11) is 0. The topological polar surface area (TPSA) is 70.4 Å². The molecule has 3 aromatic rings. The molecule has 0 spiro atoms. The number of piperidine rings is 1. The molecule has 4 heterocycles. The molecule has 1 aromatic carbocycles. The highest BCUT2D eigenvalue weighted by atomic mass is 19.4. The lowest BCUT2D eigenvalue weighted by atomic mass is 10.0. The number of halogens is 4. The second-order valence-corrected chi connectivity index (χ2v) is 8.65. The van der Waals surface area contributed by atoms with Gasteiger partial charge >= 0.3 is 12.2 Å². The Hall–Kier alpha value is -3.70. The lowest BCUT2D eigenvalue weighted by Crippen LogP contribution is -2.47. The van der Waals surface area contributed by atoms with Crippen LogP contribution < -0.4 is 4.90 Å². The molecule has 12 heteroatoms. The lowest BCUT2D eigenvalue weighted by molar-refractivity contribution is -0.138. The van der Waals surface area contributed by atoms with Gasteiger partial charge in [-0.1, -0.05) is 12.1 Å². The Morgan fingerprint density at radius 1 is 1.03 bits per heavy atom. The highest BCUT2D eigenvalue weighted by Gasteiger charge is 2.36. The number of urea groups is 1. The van der Waals surface area contributed by atoms with Gasteiger partial charge in [0.1, 0.15) is 12.7 Å². The predicted molar refractivity (Wildman–Crippen MR) is 118 cm³/mol. The van der Waals surface area contributed by atoms with E-state index in [1.807, 2.05) is 29.2 Å². The van der Waals surface area contributed by atoms with E-state index in [-0.39, 0.29) is 17.9 Å². The third-order valence-electron chi connectivity index (χ3n) is 6.47. The molecular formula is C23H23F4N7O. The monoisotopic (exact) mass is 489 g/mol. The first-order valence-corrected chi connectivity index (χ1v) is 11.3. The minimum Gasteiger partial charge on any atom is -0.354 e. The maximum absolute atomic E-state index is 14.3. The summed E-state index contributed by atoms with van der Waals surface area (Å²) in [6.45, 7) is 2.53. The molecular weight excluding hydrogens is 466 g/mol. The number of pyridine rings is 1. The Kier molecular flexibility index (Phi) is 6.03. The SMILES string of the molecule is O=C1N(Cc2ccc(-n3cncn3)cc2)CCN1C1CCN(c2ncc(C(F)(F)F)cc2F)CC1. The summed E-state index contributed by atoms with van der Waals surface area (Å²) in [6.07, 6.45) is 0.283. The molecule has 8 nitrogen and oxygen atoms in total. The summed E-state index contributed by atoms with van der Waals surface area (Å²) in [6, 6.07) is 8.19. The molecule has 0 radical (unpaired) electrons. The number of aromatic nitrogens is 4. The van der Waals surface area contributed by atoms with E-state index in [4.69, 9.17) is 0 Å². The minimum atomic E-state index is -4.64. The van der Waals surface area contributed by atoms with Crippen LogP contribution in [-0.4, -0.2) is 67.8 Å². The molecule has 2 saturated heterocycles. The van der Waals surface area contributed by atoms with E-state index >= 15 is 0 Å². The van der Waals surface area contributed by atoms with Gasteiger partial charge in [0.05, 0.1) is 11.3 Å². The van der Waals surface area contributed by atoms with Crippen molar-refractivity contribution in [3.05, 3.63) is 66.1 Å². The number of hydrogen-bond donors (Lipinski definition) is 0. The third-order valence-corrected chi connectivity index (χ3v) is 6.47. The standard InChI is InChI=1S/C23H23F4N7O/c24-20-11-17(23(25,26)27)12-29-21(20)31-7-5-18(6-8-31)33-10-9-32(22(33)35)13-16-1-3-19(4-2-16)34-15-28-14-30-34/h1-4,11-12,14-15,18H,5-10,13H2. The van der Waals surface area contributed by atoms with Gasteiger partial charge in [-0.15, -0.1) is 0 Å². The molecule has 0 bridgehead atoms. The fraction of sp³-hybridized carbons (Fsp3) is 0.391. The zero-order chi connectivity index (χ0) is 24.6. The summed E-state index contributed by atoms with van der Waals surface area (Å²) in [5.74, 6) is -1.07. The highest BCUT2D eigenvalue weighted by Crippen LogP contribution is 2.32. The molecule has 0 aliphatic carbocycles. The molecule has 5 rings (SSSR count). The van der Waals surface area contributed by atoms with Gasteiger partial charge in [0, 0.05) is 45.0 Å². The first kappa shape index (κ1) is 23.1. The third kappa shape index (κ3) is 4.77. The smallest absolute Gasteiger partial charge is 0.354 e. The predicted octanol–water partition coefficient (Wildman–Crippen LogP) is 3.73. The van der Waals surface area contributed by atoms with E-state index in [0.717, 1.165) is 11.3 Å². The van der Waals surface area contributed by atoms with Gasteiger partial charge in [-0.05, 0) is 36.6 Å². The van der Waals surface area contributed by atoms with Crippen LogP contribution in [0.25, 0.3) is 5.69 Å². The molecule has 2 aromatic heterocycles. The molecule has 2 aliphatic heterocycles. The number of alkyl halides is 3. The largest absolute Gasteiger partial charge is 0.417 e. The van der Waals surface area contributed by atoms with E-state index in [9.17, 15) is 22.4 Å². The van der Waals surface area contributed by atoms with Crippen LogP contribution in [0.15, 0.2) is 49.2 Å². The van der Waals surface area contributed by atoms with Crippen molar-refractivity contribution < 1.29 is 22.4 Å². The van der Waals surface area contributed by atoms with Crippen molar-refractivity contribution in [3.63, 3.8) is 0 Å². The molecule has 0 unspecified atom stereocenters. The Balaban J connectivity index is 1.16. The molecule has 0 atom stereocenters. The van der Waals surface area contributed by atoms with Gasteiger partial charge < -0.3 is 14.7 Å². The first-order valence-electron chi connectivity index (χ1n) is 11.3. The maximum Gasteiger partial charge on any atom is 0.417 e. The average Bonchev–Trinajstić information content (AvgIpc) is 3.50. The van der Waals surface area contributed by atoms with E-state index in [0.29, 0.717) is 57.8 Å². The quantitative estimate of drug-likeness (QED) is 0.511. The number of rotatable bonds is 5. The number of nitrogens with zero attached hydrogens (tertiary/aromatic N) is 7. The van der Waals surface area contributed by atoms with Crippen LogP contribution in [0.2, 0.25) is 0 Å². The van der Waals surface area contributed by atoms with Gasteiger partial charge in [-0.2, -0.15) is 18.3 Å². The Bertz CT molecular complexity index is 1180. The van der Waals surface area contributed by atoms with Gasteiger partial charge in [0.2, 0.25) is 0 Å². The van der Waals surface area contributed by atoms with Crippen molar-refractivity contribution >= 4 is 11.8 Å². The van der Waals surface area contributed by atoms with E-state index in [2.05, 4.69) is 15.1 Å². The normalized spacial score (nSPS) is 17.5. The van der Waals surface area contributed by atoms with Crippen LogP contribution in [0.5, 0.6) is 0 Å². The summed E-state index contributed by atoms with van der Waals surface area (Å²) in [5.41, 5.74) is 0.776. The molecule has 2 amide bonds. The maximum atomic E-state index is 14.3. The number of benzene rings is 1.